The van der Waals surface area contributed by atoms with Gasteiger partial charge in [0.1, 0.15) is 23.9 Å². The Labute approximate surface area is 148 Å². The molecule has 0 saturated carbocycles. The molecule has 0 fully saturated rings. The normalized spacial score (nSPS) is 11.3. The van der Waals surface area contributed by atoms with Crippen LogP contribution < -0.4 is 4.74 Å². The fourth-order valence-electron chi connectivity index (χ4n) is 1.94. The van der Waals surface area contributed by atoms with Crippen LogP contribution in [0.15, 0.2) is 51.1 Å². The lowest BCUT2D eigenvalue weighted by atomic mass is 10.3. The van der Waals surface area contributed by atoms with E-state index in [2.05, 4.69) is 15.3 Å². The molecule has 124 valence electrons. The van der Waals surface area contributed by atoms with Crippen LogP contribution in [0.1, 0.15) is 17.3 Å². The largest absolute Gasteiger partial charge is 0.486 e. The van der Waals surface area contributed by atoms with Crippen molar-refractivity contribution in [3.8, 4) is 5.75 Å². The number of aryl methyl sites for hydroxylation is 1. The Balaban J connectivity index is 1.64. The van der Waals surface area contributed by atoms with Gasteiger partial charge < -0.3 is 9.15 Å². The van der Waals surface area contributed by atoms with Crippen LogP contribution in [0.5, 0.6) is 5.75 Å². The zero-order chi connectivity index (χ0) is 16.9. The van der Waals surface area contributed by atoms with Gasteiger partial charge in [-0.1, -0.05) is 23.4 Å². The summed E-state index contributed by atoms with van der Waals surface area (Å²) in [5.41, 5.74) is 0. The van der Waals surface area contributed by atoms with E-state index in [4.69, 9.17) is 20.8 Å². The summed E-state index contributed by atoms with van der Waals surface area (Å²) in [4.78, 5) is 0. The number of hydrogen-bond acceptors (Lipinski definition) is 6. The molecule has 0 amide bonds. The van der Waals surface area contributed by atoms with Gasteiger partial charge in [0.25, 0.3) is 0 Å². The van der Waals surface area contributed by atoms with Crippen molar-refractivity contribution in [1.82, 2.24) is 14.9 Å². The molecule has 2 heterocycles. The lowest BCUT2D eigenvalue weighted by molar-refractivity contribution is 0.270. The first-order valence-electron chi connectivity index (χ1n) is 7.13. The molecule has 0 aliphatic heterocycles. The number of aromatic nitrogens is 3. The van der Waals surface area contributed by atoms with Crippen molar-refractivity contribution in [2.45, 2.75) is 18.7 Å². The minimum atomic E-state index is 0.331. The first-order chi connectivity index (χ1) is 11.7. The van der Waals surface area contributed by atoms with E-state index in [0.29, 0.717) is 29.0 Å². The molecule has 0 aliphatic rings. The third kappa shape index (κ3) is 3.98. The predicted molar refractivity (Wildman–Crippen MR) is 94.0 cm³/mol. The molecule has 8 heteroatoms. The Morgan fingerprint density at radius 2 is 2.04 bits per heavy atom. The molecule has 0 spiro atoms. The fraction of sp³-hybridized carbons (Fsp3) is 0.188. The van der Waals surface area contributed by atoms with Crippen molar-refractivity contribution in [2.24, 2.45) is 5.10 Å². The number of nitrogens with zero attached hydrogens (tertiary/aromatic N) is 4. The van der Waals surface area contributed by atoms with E-state index >= 15 is 0 Å². The van der Waals surface area contributed by atoms with Gasteiger partial charge in [-0.3, -0.25) is 0 Å². The molecule has 0 bridgehead atoms. The van der Waals surface area contributed by atoms with Gasteiger partial charge in [-0.25, -0.2) is 0 Å². The van der Waals surface area contributed by atoms with Gasteiger partial charge in [-0.05, 0) is 49.6 Å². The predicted octanol–water partition coefficient (Wildman–Crippen LogP) is 4.02. The smallest absolute Gasteiger partial charge is 0.211 e. The molecule has 0 saturated heterocycles. The second-order valence-corrected chi connectivity index (χ2v) is 6.05. The van der Waals surface area contributed by atoms with Gasteiger partial charge in [-0.2, -0.15) is 9.78 Å². The lowest BCUT2D eigenvalue weighted by Crippen LogP contribution is -1.95. The molecule has 3 aromatic rings. The average molecular weight is 363 g/mol. The summed E-state index contributed by atoms with van der Waals surface area (Å²) >= 11 is 7.32. The zero-order valence-electron chi connectivity index (χ0n) is 13.1. The Kier molecular flexibility index (Phi) is 5.22. The quantitative estimate of drug-likeness (QED) is 0.489. The topological polar surface area (TPSA) is 65.4 Å². The van der Waals surface area contributed by atoms with E-state index in [1.807, 2.05) is 37.4 Å². The highest BCUT2D eigenvalue weighted by Crippen LogP contribution is 2.18. The highest BCUT2D eigenvalue weighted by molar-refractivity contribution is 7.98. The van der Waals surface area contributed by atoms with Crippen LogP contribution in [0.3, 0.4) is 0 Å². The van der Waals surface area contributed by atoms with E-state index in [1.165, 1.54) is 11.8 Å². The van der Waals surface area contributed by atoms with Crippen LogP contribution in [-0.4, -0.2) is 27.3 Å². The number of rotatable bonds is 6. The Bertz CT molecular complexity index is 842. The molecule has 0 unspecified atom stereocenters. The minimum Gasteiger partial charge on any atom is -0.486 e. The van der Waals surface area contributed by atoms with E-state index < -0.39 is 0 Å². The van der Waals surface area contributed by atoms with Gasteiger partial charge in [-0.15, -0.1) is 10.2 Å². The fourth-order valence-corrected chi connectivity index (χ4v) is 2.54. The highest BCUT2D eigenvalue weighted by atomic mass is 35.5. The van der Waals surface area contributed by atoms with Crippen molar-refractivity contribution in [3.63, 3.8) is 0 Å². The monoisotopic (exact) mass is 362 g/mol. The summed E-state index contributed by atoms with van der Waals surface area (Å²) in [6.45, 7) is 2.18. The van der Waals surface area contributed by atoms with E-state index in [9.17, 15) is 0 Å². The number of hydrogen-bond donors (Lipinski definition) is 0. The second kappa shape index (κ2) is 7.55. The van der Waals surface area contributed by atoms with Gasteiger partial charge in [0.15, 0.2) is 5.82 Å². The number of halogens is 1. The molecule has 0 atom stereocenters. The van der Waals surface area contributed by atoms with Crippen LogP contribution in [-0.2, 0) is 6.61 Å². The molecule has 3 rings (SSSR count). The van der Waals surface area contributed by atoms with Gasteiger partial charge in [0.2, 0.25) is 5.16 Å². The maximum absolute atomic E-state index is 5.84. The third-order valence-electron chi connectivity index (χ3n) is 3.13. The van der Waals surface area contributed by atoms with E-state index in [1.54, 1.807) is 23.0 Å². The third-order valence-corrected chi connectivity index (χ3v) is 4.00. The van der Waals surface area contributed by atoms with E-state index in [-0.39, 0.29) is 0 Å². The SMILES string of the molecule is CSc1nnc(C)n1/N=C/c1ccc(COc2ccc(Cl)cc2)o1. The molecule has 24 heavy (non-hydrogen) atoms. The van der Waals surface area contributed by atoms with Crippen LogP contribution >= 0.6 is 23.4 Å². The number of thioether (sulfide) groups is 1. The van der Waals surface area contributed by atoms with Gasteiger partial charge in [0, 0.05) is 5.02 Å². The standard InChI is InChI=1S/C16H15ClN4O2S/c1-11-19-20-16(24-2)21(11)18-9-14-7-8-15(23-14)10-22-13-5-3-12(17)4-6-13/h3-9H,10H2,1-2H3/b18-9+. The van der Waals surface area contributed by atoms with Crippen LogP contribution in [0, 0.1) is 6.92 Å². The molecule has 1 aromatic carbocycles. The van der Waals surface area contributed by atoms with Gasteiger partial charge in [0.05, 0.1) is 6.21 Å². The molecule has 0 aliphatic carbocycles. The Morgan fingerprint density at radius 1 is 1.25 bits per heavy atom. The van der Waals surface area contributed by atoms with Crippen molar-refractivity contribution < 1.29 is 9.15 Å². The molecule has 0 N–H and O–H groups in total. The minimum absolute atomic E-state index is 0.331. The lowest BCUT2D eigenvalue weighted by Gasteiger charge is -2.03. The Morgan fingerprint density at radius 3 is 2.79 bits per heavy atom. The number of ether oxygens (including phenoxy) is 1. The summed E-state index contributed by atoms with van der Waals surface area (Å²) in [7, 11) is 0. The summed E-state index contributed by atoms with van der Waals surface area (Å²) < 4.78 is 13.0. The summed E-state index contributed by atoms with van der Waals surface area (Å²) in [6.07, 6.45) is 3.55. The summed E-state index contributed by atoms with van der Waals surface area (Å²) in [5, 5.41) is 13.8. The molecular formula is C16H15ClN4O2S. The van der Waals surface area contributed by atoms with Crippen LogP contribution in [0.2, 0.25) is 5.02 Å². The highest BCUT2D eigenvalue weighted by Gasteiger charge is 2.06. The first-order valence-corrected chi connectivity index (χ1v) is 8.73. The second-order valence-electron chi connectivity index (χ2n) is 4.84. The van der Waals surface area contributed by atoms with Crippen molar-refractivity contribution in [1.29, 1.82) is 0 Å². The van der Waals surface area contributed by atoms with Crippen molar-refractivity contribution in [2.75, 3.05) is 6.26 Å². The molecule has 0 radical (unpaired) electrons. The average Bonchev–Trinajstić information content (AvgIpc) is 3.18. The molecular weight excluding hydrogens is 348 g/mol. The summed E-state index contributed by atoms with van der Waals surface area (Å²) in [5.74, 6) is 2.78. The van der Waals surface area contributed by atoms with Crippen molar-refractivity contribution in [3.05, 3.63) is 58.8 Å². The van der Waals surface area contributed by atoms with Gasteiger partial charge >= 0.3 is 0 Å². The van der Waals surface area contributed by atoms with E-state index in [0.717, 1.165) is 10.9 Å². The number of benzene rings is 1. The number of furan rings is 1. The summed E-state index contributed by atoms with van der Waals surface area (Å²) in [6, 6.07) is 10.9. The van der Waals surface area contributed by atoms with Crippen LogP contribution in [0.4, 0.5) is 0 Å². The molecule has 2 aromatic heterocycles. The Hall–Kier alpha value is -2.25. The maximum Gasteiger partial charge on any atom is 0.211 e. The maximum atomic E-state index is 5.84. The van der Waals surface area contributed by atoms with Crippen molar-refractivity contribution >= 4 is 29.6 Å². The zero-order valence-corrected chi connectivity index (χ0v) is 14.7. The first kappa shape index (κ1) is 16.6. The van der Waals surface area contributed by atoms with Crippen LogP contribution in [0.25, 0.3) is 0 Å². The molecule has 6 nitrogen and oxygen atoms in total.